The predicted octanol–water partition coefficient (Wildman–Crippen LogP) is -1.84. The van der Waals surface area contributed by atoms with Crippen LogP contribution in [-0.2, 0) is 36.8 Å². The van der Waals surface area contributed by atoms with Crippen LogP contribution in [0.25, 0.3) is 0 Å². The Labute approximate surface area is 236 Å². The lowest BCUT2D eigenvalue weighted by atomic mass is 10.0. The number of unbranched alkanes of at least 4 members (excludes halogenated alkanes) is 1. The van der Waals surface area contributed by atoms with Gasteiger partial charge in [-0.1, -0.05) is 12.1 Å². The third-order valence-corrected chi connectivity index (χ3v) is 6.22. The van der Waals surface area contributed by atoms with Crippen molar-refractivity contribution >= 4 is 29.6 Å². The summed E-state index contributed by atoms with van der Waals surface area (Å²) in [5.74, 6) is -4.08. The average Bonchev–Trinajstić information content (AvgIpc) is 3.44. The molecule has 224 valence electrons. The van der Waals surface area contributed by atoms with Crippen molar-refractivity contribution in [1.82, 2.24) is 25.9 Å². The Balaban J connectivity index is 2.26. The molecule has 4 atom stereocenters. The summed E-state index contributed by atoms with van der Waals surface area (Å²) in [5.41, 5.74) is 17.6. The highest BCUT2D eigenvalue weighted by Gasteiger charge is 2.31. The van der Waals surface area contributed by atoms with E-state index in [9.17, 15) is 34.2 Å². The topological polar surface area (TPSA) is 269 Å². The number of nitrogens with two attached hydrogens (primary N) is 3. The molecule has 0 saturated carbocycles. The molecule has 15 nitrogen and oxygen atoms in total. The normalized spacial score (nSPS) is 13.8. The number of rotatable bonds is 18. The second-order valence-corrected chi connectivity index (χ2v) is 9.57. The van der Waals surface area contributed by atoms with E-state index in [0.29, 0.717) is 30.6 Å². The number of imidazole rings is 1. The minimum atomic E-state index is -1.23. The van der Waals surface area contributed by atoms with Crippen LogP contribution in [0, 0.1) is 0 Å². The lowest BCUT2D eigenvalue weighted by Crippen LogP contribution is -2.58. The van der Waals surface area contributed by atoms with Crippen LogP contribution in [-0.4, -0.2) is 80.5 Å². The monoisotopic (exact) mass is 574 g/mol. The zero-order chi connectivity index (χ0) is 30.4. The number of benzene rings is 1. The van der Waals surface area contributed by atoms with Gasteiger partial charge in [0.2, 0.25) is 23.6 Å². The number of carboxylic acids is 1. The van der Waals surface area contributed by atoms with E-state index in [1.807, 2.05) is 0 Å². The summed E-state index contributed by atoms with van der Waals surface area (Å²) in [7, 11) is 0. The van der Waals surface area contributed by atoms with E-state index in [1.165, 1.54) is 24.7 Å². The van der Waals surface area contributed by atoms with E-state index < -0.39 is 53.8 Å². The van der Waals surface area contributed by atoms with Crippen LogP contribution in [0.5, 0.6) is 5.75 Å². The number of amides is 4. The van der Waals surface area contributed by atoms with Crippen LogP contribution in [0.2, 0.25) is 0 Å². The third kappa shape index (κ3) is 11.6. The van der Waals surface area contributed by atoms with Crippen LogP contribution in [0.15, 0.2) is 36.8 Å². The van der Waals surface area contributed by atoms with Gasteiger partial charge < -0.3 is 48.3 Å². The predicted molar refractivity (Wildman–Crippen MR) is 147 cm³/mol. The molecule has 2 rings (SSSR count). The number of carboxylic acid groups (broad SMARTS) is 1. The minimum absolute atomic E-state index is 0.00278. The fraction of sp³-hybridized carbons (Fsp3) is 0.462. The minimum Gasteiger partial charge on any atom is -0.508 e. The number of carbonyl (C=O) groups excluding carboxylic acids is 4. The summed E-state index contributed by atoms with van der Waals surface area (Å²) in [6.07, 6.45) is 3.78. The van der Waals surface area contributed by atoms with Crippen LogP contribution in [0.3, 0.4) is 0 Å². The number of phenols is 1. The van der Waals surface area contributed by atoms with Crippen molar-refractivity contribution in [3.8, 4) is 5.75 Å². The van der Waals surface area contributed by atoms with Crippen molar-refractivity contribution in [1.29, 1.82) is 0 Å². The molecule has 0 fully saturated rings. The molecular weight excluding hydrogens is 536 g/mol. The molecule has 15 heteroatoms. The van der Waals surface area contributed by atoms with Crippen molar-refractivity contribution < 1.29 is 34.2 Å². The second kappa shape index (κ2) is 16.6. The molecule has 2 aromatic rings. The molecule has 0 aliphatic carbocycles. The molecule has 0 saturated heterocycles. The Kier molecular flexibility index (Phi) is 13.2. The maximum Gasteiger partial charge on any atom is 0.326 e. The number of hydrogen-bond donors (Lipinski definition) is 9. The SMILES string of the molecule is NCCCCC(NC(=O)C(Cc1cnc[nH]1)NC(=O)C(Cc1ccc(O)cc1)NC(=O)C(N)CCC(N)=O)C(=O)O. The first-order chi connectivity index (χ1) is 19.5. The first-order valence-electron chi connectivity index (χ1n) is 13.1. The largest absolute Gasteiger partial charge is 0.508 e. The average molecular weight is 575 g/mol. The van der Waals surface area contributed by atoms with Gasteiger partial charge in [-0.3, -0.25) is 19.2 Å². The molecule has 1 aromatic carbocycles. The van der Waals surface area contributed by atoms with Gasteiger partial charge in [0.25, 0.3) is 0 Å². The number of nitrogens with one attached hydrogen (secondary N) is 4. The van der Waals surface area contributed by atoms with Gasteiger partial charge in [0.05, 0.1) is 12.4 Å². The zero-order valence-corrected chi connectivity index (χ0v) is 22.5. The number of phenolic OH excluding ortho intramolecular Hbond substituents is 1. The van der Waals surface area contributed by atoms with E-state index in [1.54, 1.807) is 12.1 Å². The Bertz CT molecular complexity index is 1160. The van der Waals surface area contributed by atoms with Crippen LogP contribution < -0.4 is 33.2 Å². The Morgan fingerprint density at radius 3 is 2.05 bits per heavy atom. The van der Waals surface area contributed by atoms with Gasteiger partial charge in [0, 0.05) is 31.2 Å². The fourth-order valence-corrected chi connectivity index (χ4v) is 3.90. The van der Waals surface area contributed by atoms with Crippen molar-refractivity contribution in [3.05, 3.63) is 48.0 Å². The zero-order valence-electron chi connectivity index (χ0n) is 22.5. The molecule has 0 radical (unpaired) electrons. The smallest absolute Gasteiger partial charge is 0.326 e. The number of H-pyrrole nitrogens is 1. The Hall–Kier alpha value is -4.50. The Morgan fingerprint density at radius 2 is 1.49 bits per heavy atom. The molecule has 4 amide bonds. The fourth-order valence-electron chi connectivity index (χ4n) is 3.90. The highest BCUT2D eigenvalue weighted by atomic mass is 16.4. The van der Waals surface area contributed by atoms with E-state index in [0.717, 1.165) is 0 Å². The number of hydrogen-bond acceptors (Lipinski definition) is 9. The molecule has 4 unspecified atom stereocenters. The molecule has 12 N–H and O–H groups in total. The van der Waals surface area contributed by atoms with Crippen LogP contribution >= 0.6 is 0 Å². The van der Waals surface area contributed by atoms with E-state index in [-0.39, 0.29) is 37.9 Å². The van der Waals surface area contributed by atoms with Crippen molar-refractivity contribution in [2.75, 3.05) is 6.54 Å². The molecule has 41 heavy (non-hydrogen) atoms. The third-order valence-electron chi connectivity index (χ3n) is 6.22. The number of aliphatic carboxylic acids is 1. The number of aromatic nitrogens is 2. The summed E-state index contributed by atoms with van der Waals surface area (Å²) in [6.45, 7) is 0.374. The lowest BCUT2D eigenvalue weighted by Gasteiger charge is -2.25. The molecule has 1 aromatic heterocycles. The number of primary amides is 1. The van der Waals surface area contributed by atoms with Crippen LogP contribution in [0.4, 0.5) is 0 Å². The first-order valence-corrected chi connectivity index (χ1v) is 13.1. The van der Waals surface area contributed by atoms with E-state index >= 15 is 0 Å². The van der Waals surface area contributed by atoms with Gasteiger partial charge in [-0.05, 0) is 49.9 Å². The van der Waals surface area contributed by atoms with E-state index in [4.69, 9.17) is 17.2 Å². The molecule has 0 bridgehead atoms. The Morgan fingerprint density at radius 1 is 0.878 bits per heavy atom. The first kappa shape index (κ1) is 32.7. The van der Waals surface area contributed by atoms with Crippen molar-refractivity contribution in [2.24, 2.45) is 17.2 Å². The standard InChI is InChI=1S/C26H38N8O7/c27-10-2-1-3-19(26(40)41)32-25(39)21(12-16-13-30-14-31-16)34-24(38)20(11-15-4-6-17(35)7-5-15)33-23(37)18(28)8-9-22(29)36/h4-7,13-14,18-21,35H,1-3,8-12,27-28H2,(H2,29,36)(H,30,31)(H,32,39)(H,33,37)(H,34,38)(H,40,41). The second-order valence-electron chi connectivity index (χ2n) is 9.57. The van der Waals surface area contributed by atoms with Gasteiger partial charge in [0.1, 0.15) is 23.9 Å². The summed E-state index contributed by atoms with van der Waals surface area (Å²) in [6, 6.07) is 1.15. The lowest BCUT2D eigenvalue weighted by molar-refractivity contribution is -0.142. The van der Waals surface area contributed by atoms with Gasteiger partial charge in [-0.2, -0.15) is 0 Å². The quantitative estimate of drug-likeness (QED) is 0.0897. The maximum absolute atomic E-state index is 13.5. The van der Waals surface area contributed by atoms with Crippen molar-refractivity contribution in [3.63, 3.8) is 0 Å². The summed E-state index contributed by atoms with van der Waals surface area (Å²) >= 11 is 0. The molecule has 1 heterocycles. The highest BCUT2D eigenvalue weighted by molar-refractivity contribution is 5.94. The van der Waals surface area contributed by atoms with Crippen LogP contribution in [0.1, 0.15) is 43.4 Å². The number of aromatic amines is 1. The summed E-state index contributed by atoms with van der Waals surface area (Å²) < 4.78 is 0. The summed E-state index contributed by atoms with van der Waals surface area (Å²) in [5, 5.41) is 26.8. The van der Waals surface area contributed by atoms with Crippen molar-refractivity contribution in [2.45, 2.75) is 69.1 Å². The number of nitrogens with zero attached hydrogens (tertiary/aromatic N) is 1. The maximum atomic E-state index is 13.5. The molecule has 0 aliphatic heterocycles. The molecule has 0 spiro atoms. The van der Waals surface area contributed by atoms with Gasteiger partial charge in [0.15, 0.2) is 0 Å². The van der Waals surface area contributed by atoms with Gasteiger partial charge in [-0.15, -0.1) is 0 Å². The number of aromatic hydroxyl groups is 1. The van der Waals surface area contributed by atoms with Gasteiger partial charge in [-0.25, -0.2) is 9.78 Å². The summed E-state index contributed by atoms with van der Waals surface area (Å²) in [4.78, 5) is 69.1. The number of carbonyl (C=O) groups is 5. The van der Waals surface area contributed by atoms with E-state index in [2.05, 4.69) is 25.9 Å². The van der Waals surface area contributed by atoms with Gasteiger partial charge >= 0.3 is 5.97 Å². The molecular formula is C26H38N8O7. The molecule has 0 aliphatic rings. The highest BCUT2D eigenvalue weighted by Crippen LogP contribution is 2.12.